The fourth-order valence-electron chi connectivity index (χ4n) is 3.25. The average Bonchev–Trinajstić information content (AvgIpc) is 3.19. The molecule has 6 N–H and O–H groups in total. The Balaban J connectivity index is 2.04. The molecule has 0 aromatic rings. The van der Waals surface area contributed by atoms with Crippen LogP contribution in [-0.2, 0) is 42.9 Å². The number of quaternary nitrogens is 2. The summed E-state index contributed by atoms with van der Waals surface area (Å²) in [5.41, 5.74) is 0. The van der Waals surface area contributed by atoms with E-state index in [9.17, 15) is 39.8 Å². The lowest BCUT2D eigenvalue weighted by atomic mass is 9.99. The van der Waals surface area contributed by atoms with Crippen molar-refractivity contribution in [2.24, 2.45) is 5.92 Å². The van der Waals surface area contributed by atoms with Crippen LogP contribution in [0.15, 0.2) is 0 Å². The van der Waals surface area contributed by atoms with Crippen LogP contribution in [0.5, 0.6) is 0 Å². The zero-order chi connectivity index (χ0) is 26.1. The Morgan fingerprint density at radius 3 is 2.17 bits per heavy atom. The van der Waals surface area contributed by atoms with Crippen LogP contribution in [0.4, 0.5) is 0 Å². The van der Waals surface area contributed by atoms with Gasteiger partial charge in [0.1, 0.15) is 38.0 Å². The maximum Gasteiger partial charge on any atom is 0.312 e. The molecule has 0 spiro atoms. The second kappa shape index (κ2) is 13.6. The second-order valence-electron chi connectivity index (χ2n) is 7.90. The van der Waals surface area contributed by atoms with Gasteiger partial charge in [0.05, 0.1) is 32.3 Å². The molecule has 8 unspecified atom stereocenters. The van der Waals surface area contributed by atoms with Crippen LogP contribution in [-0.4, -0.2) is 102 Å². The van der Waals surface area contributed by atoms with Gasteiger partial charge in [-0.25, -0.2) is 20.9 Å². The van der Waals surface area contributed by atoms with Crippen LogP contribution in [0.1, 0.15) is 25.7 Å². The first-order chi connectivity index (χ1) is 16.5. The van der Waals surface area contributed by atoms with Gasteiger partial charge in [0.25, 0.3) is 0 Å². The number of rotatable bonds is 12. The van der Waals surface area contributed by atoms with Crippen LogP contribution in [0, 0.1) is 16.3 Å². The first kappa shape index (κ1) is 28.8. The predicted molar refractivity (Wildman–Crippen MR) is 102 cm³/mol. The van der Waals surface area contributed by atoms with E-state index in [4.69, 9.17) is 34.1 Å². The summed E-state index contributed by atoms with van der Waals surface area (Å²) < 4.78 is 25.1. The molecule has 2 heterocycles. The molecule has 0 bridgehead atoms. The first-order valence-electron chi connectivity index (χ1n) is 10.6. The van der Waals surface area contributed by atoms with Crippen LogP contribution < -0.4 is 10.5 Å². The number of hydroxylamine groups is 4. The molecule has 0 aliphatic carbocycles. The monoisotopic (exact) mass is 512 g/mol. The molecule has 35 heavy (non-hydrogen) atoms. The highest BCUT2D eigenvalue weighted by Crippen LogP contribution is 2.27. The third-order valence-corrected chi connectivity index (χ3v) is 5.04. The largest absolute Gasteiger partial charge is 0.600 e. The molecule has 0 amide bonds. The fourth-order valence-corrected chi connectivity index (χ4v) is 3.25. The highest BCUT2D eigenvalue weighted by atomic mass is 16.8. The van der Waals surface area contributed by atoms with E-state index in [2.05, 4.69) is 0 Å². The Kier molecular flexibility index (Phi) is 11.1. The normalized spacial score (nSPS) is 30.2. The summed E-state index contributed by atoms with van der Waals surface area (Å²) in [6.07, 6.45) is -10.0. The van der Waals surface area contributed by atoms with Gasteiger partial charge in [0, 0.05) is 5.92 Å². The van der Waals surface area contributed by atoms with Crippen molar-refractivity contribution in [3.63, 3.8) is 0 Å². The van der Waals surface area contributed by atoms with Gasteiger partial charge in [0.15, 0.2) is 6.10 Å². The van der Waals surface area contributed by atoms with Crippen molar-refractivity contribution in [1.29, 1.82) is 0 Å². The summed E-state index contributed by atoms with van der Waals surface area (Å²) in [5.74, 6) is -3.89. The smallest absolute Gasteiger partial charge is 0.312 e. The highest BCUT2D eigenvalue weighted by molar-refractivity contribution is 5.75. The first-order valence-corrected chi connectivity index (χ1v) is 10.6. The highest BCUT2D eigenvalue weighted by Gasteiger charge is 2.49. The summed E-state index contributed by atoms with van der Waals surface area (Å²) in [5, 5.41) is 56.8. The molecule has 2 fully saturated rings. The molecule has 17 heteroatoms. The van der Waals surface area contributed by atoms with Gasteiger partial charge in [-0.05, 0) is 0 Å². The number of nitrogens with one attached hydrogen (secondary N) is 2. The predicted octanol–water partition coefficient (Wildman–Crippen LogP) is -5.29. The third-order valence-electron chi connectivity index (χ3n) is 5.04. The van der Waals surface area contributed by atoms with Gasteiger partial charge < -0.3 is 44.3 Å². The number of carbonyl (C=O) groups excluding carboxylic acids is 4. The Hall–Kier alpha value is -2.48. The molecule has 8 atom stereocenters. The lowest BCUT2D eigenvalue weighted by Crippen LogP contribution is -3.04. The summed E-state index contributed by atoms with van der Waals surface area (Å²) in [7, 11) is 0. The maximum absolute atomic E-state index is 12.4. The molecule has 2 aliphatic heterocycles. The molecule has 0 saturated carbocycles. The number of hydrogen-bond acceptors (Lipinski definition) is 15. The minimum atomic E-state index is -1.89. The zero-order valence-corrected chi connectivity index (χ0v) is 18.4. The van der Waals surface area contributed by atoms with Crippen molar-refractivity contribution in [2.75, 3.05) is 26.3 Å². The molecule has 0 aromatic heterocycles. The molecule has 2 rings (SSSR count). The fraction of sp³-hybridized carbons (Fsp3) is 0.778. The average molecular weight is 512 g/mol. The number of ether oxygens (including phenoxy) is 5. The molecule has 2 saturated heterocycles. The molecule has 2 aliphatic rings. The molecular weight excluding hydrogens is 484 g/mol. The van der Waals surface area contributed by atoms with Crippen molar-refractivity contribution in [2.45, 2.75) is 56.4 Å². The maximum atomic E-state index is 12.4. The molecule has 0 aromatic carbocycles. The SMILES string of the molecule is O=C(CC[NH+]([O-])O)OCC1OC(OC(=O)CC2COC(=O)C2)C(OC(=O)CC[NH+]([O-])O)C(O)C1O. The van der Waals surface area contributed by atoms with Gasteiger partial charge in [0.2, 0.25) is 6.29 Å². The molecular formula is C18H28N2O15. The Morgan fingerprint density at radius 1 is 0.971 bits per heavy atom. The van der Waals surface area contributed by atoms with Gasteiger partial charge in [-0.3, -0.25) is 19.2 Å². The zero-order valence-electron chi connectivity index (χ0n) is 18.4. The minimum Gasteiger partial charge on any atom is -0.600 e. The quantitative estimate of drug-likeness (QED) is 0.0811. The number of aliphatic hydroxyl groups excluding tert-OH is 2. The van der Waals surface area contributed by atoms with E-state index >= 15 is 0 Å². The second-order valence-corrected chi connectivity index (χ2v) is 7.90. The van der Waals surface area contributed by atoms with Crippen LogP contribution >= 0.6 is 0 Å². The van der Waals surface area contributed by atoms with E-state index < -0.39 is 103 Å². The summed E-state index contributed by atoms with van der Waals surface area (Å²) in [4.78, 5) is 47.2. The van der Waals surface area contributed by atoms with Crippen molar-refractivity contribution in [1.82, 2.24) is 0 Å². The van der Waals surface area contributed by atoms with Crippen molar-refractivity contribution >= 4 is 23.9 Å². The van der Waals surface area contributed by atoms with E-state index in [1.54, 1.807) is 0 Å². The summed E-state index contributed by atoms with van der Waals surface area (Å²) >= 11 is 0. The van der Waals surface area contributed by atoms with Crippen molar-refractivity contribution < 1.29 is 73.9 Å². The Morgan fingerprint density at radius 2 is 1.60 bits per heavy atom. The lowest BCUT2D eigenvalue weighted by molar-refractivity contribution is -1.05. The van der Waals surface area contributed by atoms with Gasteiger partial charge in [-0.2, -0.15) is 0 Å². The third kappa shape index (κ3) is 9.59. The number of cyclic esters (lactones) is 1. The van der Waals surface area contributed by atoms with Crippen LogP contribution in [0.2, 0.25) is 0 Å². The molecule has 17 nitrogen and oxygen atoms in total. The lowest BCUT2D eigenvalue weighted by Gasteiger charge is -2.41. The van der Waals surface area contributed by atoms with Crippen LogP contribution in [0.25, 0.3) is 0 Å². The number of esters is 4. The number of aliphatic hydroxyl groups is 2. The molecule has 200 valence electrons. The van der Waals surface area contributed by atoms with E-state index in [1.807, 2.05) is 0 Å². The van der Waals surface area contributed by atoms with E-state index in [-0.39, 0.29) is 19.4 Å². The summed E-state index contributed by atoms with van der Waals surface area (Å²) in [6, 6.07) is 0. The number of carbonyl (C=O) groups is 4. The molecule has 0 radical (unpaired) electrons. The summed E-state index contributed by atoms with van der Waals surface area (Å²) in [6.45, 7) is -1.75. The van der Waals surface area contributed by atoms with Gasteiger partial charge in [-0.1, -0.05) is 0 Å². The van der Waals surface area contributed by atoms with Gasteiger partial charge >= 0.3 is 23.9 Å². The number of hydrogen-bond donors (Lipinski definition) is 6. The van der Waals surface area contributed by atoms with Gasteiger partial charge in [-0.15, -0.1) is 0 Å². The van der Waals surface area contributed by atoms with Crippen molar-refractivity contribution in [3.8, 4) is 0 Å². The van der Waals surface area contributed by atoms with Crippen molar-refractivity contribution in [3.05, 3.63) is 10.4 Å². The van der Waals surface area contributed by atoms with Crippen LogP contribution in [0.3, 0.4) is 0 Å². The minimum absolute atomic E-state index is 0.0106. The topological polar surface area (TPSA) is 250 Å². The standard InChI is InChI=1S/C18H28N2O15/c21-11(1-3-19(27)28)32-8-10-15(25)16(26)17(34-12(22)2-4-20(29)30)18(33-10)35-14(24)6-9-5-13(23)31-7-9/h9-10,15-20,25-27,29H,1-8H2. The van der Waals surface area contributed by atoms with E-state index in [0.29, 0.717) is 0 Å². The Bertz CT molecular complexity index is 745. The van der Waals surface area contributed by atoms with E-state index in [1.165, 1.54) is 0 Å². The Labute approximate surface area is 197 Å². The van der Waals surface area contributed by atoms with E-state index in [0.717, 1.165) is 0 Å².